The number of aliphatic hydroxyl groups excluding tert-OH is 1. The molecule has 1 aromatic heterocycles. The van der Waals surface area contributed by atoms with Gasteiger partial charge in [0.15, 0.2) is 12.5 Å². The Labute approximate surface area is 89.8 Å². The molecule has 2 heterocycles. The Hall–Kier alpha value is -2.10. The highest BCUT2D eigenvalue weighted by atomic mass is 16.6. The lowest BCUT2D eigenvalue weighted by atomic mass is 10.3. The Kier molecular flexibility index (Phi) is 2.48. The molecule has 2 atom stereocenters. The Morgan fingerprint density at radius 2 is 2.25 bits per heavy atom. The van der Waals surface area contributed by atoms with Crippen LogP contribution in [0.5, 0.6) is 0 Å². The lowest BCUT2D eigenvalue weighted by molar-refractivity contribution is -0.0984. The lowest BCUT2D eigenvalue weighted by Gasteiger charge is -2.13. The van der Waals surface area contributed by atoms with Gasteiger partial charge in [0.2, 0.25) is 0 Å². The number of aromatic amines is 1. The van der Waals surface area contributed by atoms with Crippen LogP contribution in [0.4, 0.5) is 0 Å². The van der Waals surface area contributed by atoms with E-state index in [-0.39, 0.29) is 5.56 Å². The van der Waals surface area contributed by atoms with E-state index in [1.807, 2.05) is 0 Å². The van der Waals surface area contributed by atoms with E-state index in [1.165, 1.54) is 18.3 Å². The van der Waals surface area contributed by atoms with Crippen molar-refractivity contribution in [1.29, 1.82) is 0 Å². The first-order chi connectivity index (χ1) is 7.61. The predicted molar refractivity (Wildman–Crippen MR) is 54.5 cm³/mol. The van der Waals surface area contributed by atoms with E-state index in [0.717, 1.165) is 4.57 Å². The average Bonchev–Trinajstić information content (AvgIpc) is 2.65. The number of terminal acetylenes is 1. The maximum Gasteiger partial charge on any atom is 0.330 e. The molecule has 2 N–H and O–H groups in total. The molecule has 0 amide bonds. The zero-order valence-electron chi connectivity index (χ0n) is 8.08. The predicted octanol–water partition coefficient (Wildman–Crippen LogP) is -1.08. The van der Waals surface area contributed by atoms with E-state index in [1.54, 1.807) is 0 Å². The summed E-state index contributed by atoms with van der Waals surface area (Å²) >= 11 is 0. The number of nitrogens with zero attached hydrogens (tertiary/aromatic N) is 1. The number of nitrogens with one attached hydrogen (secondary N) is 1. The van der Waals surface area contributed by atoms with Gasteiger partial charge in [-0.15, -0.1) is 6.42 Å². The highest BCUT2D eigenvalue weighted by Gasteiger charge is 2.20. The molecular formula is C10H8N2O4. The standard InChI is InChI=1S/C10H8N2O4/c1-2-6-5-12(10(15)11-9(6)14)7-3-4-8(13)16-7/h1,3-5,7-8,13H,(H,11,14,15). The Balaban J connectivity index is 2.51. The van der Waals surface area contributed by atoms with E-state index in [9.17, 15) is 9.59 Å². The van der Waals surface area contributed by atoms with Crippen molar-refractivity contribution in [2.24, 2.45) is 0 Å². The monoisotopic (exact) mass is 220 g/mol. The van der Waals surface area contributed by atoms with Gasteiger partial charge in [-0.05, 0) is 12.2 Å². The van der Waals surface area contributed by atoms with Crippen LogP contribution in [-0.2, 0) is 4.74 Å². The van der Waals surface area contributed by atoms with Crippen molar-refractivity contribution in [2.45, 2.75) is 12.5 Å². The third-order valence-corrected chi connectivity index (χ3v) is 2.12. The highest BCUT2D eigenvalue weighted by molar-refractivity contribution is 5.26. The summed E-state index contributed by atoms with van der Waals surface area (Å²) in [5.41, 5.74) is -1.24. The van der Waals surface area contributed by atoms with E-state index < -0.39 is 23.8 Å². The van der Waals surface area contributed by atoms with Crippen molar-refractivity contribution in [3.05, 3.63) is 44.8 Å². The molecule has 6 heteroatoms. The van der Waals surface area contributed by atoms with Crippen LogP contribution in [0.2, 0.25) is 0 Å². The summed E-state index contributed by atoms with van der Waals surface area (Å²) < 4.78 is 6.08. The normalized spacial score (nSPS) is 23.2. The van der Waals surface area contributed by atoms with Crippen molar-refractivity contribution in [1.82, 2.24) is 9.55 Å². The van der Waals surface area contributed by atoms with Gasteiger partial charge in [0.05, 0.1) is 0 Å². The number of H-pyrrole nitrogens is 1. The molecule has 1 aromatic rings. The first kappa shape index (κ1) is 10.4. The van der Waals surface area contributed by atoms with Crippen LogP contribution in [-0.4, -0.2) is 20.9 Å². The summed E-state index contributed by atoms with van der Waals surface area (Å²) in [4.78, 5) is 24.7. The number of hydrogen-bond donors (Lipinski definition) is 2. The zero-order chi connectivity index (χ0) is 11.7. The molecule has 2 rings (SSSR count). The number of aromatic nitrogens is 2. The van der Waals surface area contributed by atoms with Gasteiger partial charge < -0.3 is 9.84 Å². The number of hydrogen-bond acceptors (Lipinski definition) is 4. The quantitative estimate of drug-likeness (QED) is 0.466. The zero-order valence-corrected chi connectivity index (χ0v) is 8.08. The van der Waals surface area contributed by atoms with Crippen LogP contribution in [0.1, 0.15) is 11.8 Å². The molecule has 0 aliphatic carbocycles. The Morgan fingerprint density at radius 1 is 1.50 bits per heavy atom. The molecule has 2 unspecified atom stereocenters. The minimum Gasteiger partial charge on any atom is -0.365 e. The molecule has 0 radical (unpaired) electrons. The second-order valence-corrected chi connectivity index (χ2v) is 3.16. The van der Waals surface area contributed by atoms with Crippen LogP contribution in [0.15, 0.2) is 27.9 Å². The van der Waals surface area contributed by atoms with Crippen LogP contribution >= 0.6 is 0 Å². The Bertz CT molecular complexity index is 590. The van der Waals surface area contributed by atoms with Gasteiger partial charge in [0.25, 0.3) is 5.56 Å². The van der Waals surface area contributed by atoms with Gasteiger partial charge in [-0.3, -0.25) is 14.3 Å². The second kappa shape index (κ2) is 3.81. The number of rotatable bonds is 1. The third kappa shape index (κ3) is 1.69. The van der Waals surface area contributed by atoms with Gasteiger partial charge in [-0.2, -0.15) is 0 Å². The molecule has 1 aliphatic heterocycles. The fourth-order valence-electron chi connectivity index (χ4n) is 1.36. The number of ether oxygens (including phenoxy) is 1. The Morgan fingerprint density at radius 3 is 2.81 bits per heavy atom. The molecule has 0 fully saturated rings. The molecule has 0 saturated carbocycles. The SMILES string of the molecule is C#Cc1cn(C2C=CC(O)O2)c(=O)[nH]c1=O. The molecular weight excluding hydrogens is 212 g/mol. The van der Waals surface area contributed by atoms with Crippen molar-refractivity contribution in [3.8, 4) is 12.3 Å². The summed E-state index contributed by atoms with van der Waals surface area (Å²) in [7, 11) is 0. The van der Waals surface area contributed by atoms with Crippen molar-refractivity contribution >= 4 is 0 Å². The maximum absolute atomic E-state index is 11.4. The molecule has 1 aliphatic rings. The summed E-state index contributed by atoms with van der Waals surface area (Å²) in [6.45, 7) is 0. The van der Waals surface area contributed by atoms with E-state index in [4.69, 9.17) is 16.3 Å². The molecule has 16 heavy (non-hydrogen) atoms. The largest absolute Gasteiger partial charge is 0.365 e. The number of aliphatic hydroxyl groups is 1. The fourth-order valence-corrected chi connectivity index (χ4v) is 1.36. The first-order valence-electron chi connectivity index (χ1n) is 4.46. The maximum atomic E-state index is 11.4. The summed E-state index contributed by atoms with van der Waals surface area (Å²) in [5, 5.41) is 9.10. The fraction of sp³-hybridized carbons (Fsp3) is 0.200. The van der Waals surface area contributed by atoms with Crippen molar-refractivity contribution < 1.29 is 9.84 Å². The smallest absolute Gasteiger partial charge is 0.330 e. The van der Waals surface area contributed by atoms with Crippen molar-refractivity contribution in [3.63, 3.8) is 0 Å². The average molecular weight is 220 g/mol. The summed E-state index contributed by atoms with van der Waals surface area (Å²) in [6, 6.07) is 0. The van der Waals surface area contributed by atoms with Crippen LogP contribution in [0, 0.1) is 12.3 Å². The van der Waals surface area contributed by atoms with Gasteiger partial charge >= 0.3 is 5.69 Å². The van der Waals surface area contributed by atoms with E-state index in [0.29, 0.717) is 0 Å². The summed E-state index contributed by atoms with van der Waals surface area (Å²) in [5.74, 6) is 2.15. The molecule has 0 spiro atoms. The molecule has 0 aromatic carbocycles. The van der Waals surface area contributed by atoms with Gasteiger partial charge in [-0.1, -0.05) is 5.92 Å². The lowest BCUT2D eigenvalue weighted by Crippen LogP contribution is -2.33. The molecule has 0 bridgehead atoms. The first-order valence-corrected chi connectivity index (χ1v) is 4.46. The van der Waals surface area contributed by atoms with Crippen LogP contribution in [0.25, 0.3) is 0 Å². The minimum absolute atomic E-state index is 0.0259. The van der Waals surface area contributed by atoms with Crippen molar-refractivity contribution in [2.75, 3.05) is 0 Å². The summed E-state index contributed by atoms with van der Waals surface area (Å²) in [6.07, 6.45) is 7.38. The van der Waals surface area contributed by atoms with E-state index >= 15 is 0 Å². The van der Waals surface area contributed by atoms with E-state index in [2.05, 4.69) is 10.9 Å². The molecule has 6 nitrogen and oxygen atoms in total. The van der Waals surface area contributed by atoms with Crippen LogP contribution < -0.4 is 11.2 Å². The van der Waals surface area contributed by atoms with Gasteiger partial charge in [0, 0.05) is 6.20 Å². The minimum atomic E-state index is -1.06. The third-order valence-electron chi connectivity index (χ3n) is 2.12. The topological polar surface area (TPSA) is 84.3 Å². The molecule has 82 valence electrons. The highest BCUT2D eigenvalue weighted by Crippen LogP contribution is 2.17. The second-order valence-electron chi connectivity index (χ2n) is 3.16. The molecule has 0 saturated heterocycles. The van der Waals surface area contributed by atoms with Crippen LogP contribution in [0.3, 0.4) is 0 Å². The van der Waals surface area contributed by atoms with Gasteiger partial charge in [-0.25, -0.2) is 4.79 Å². The van der Waals surface area contributed by atoms with Gasteiger partial charge in [0.1, 0.15) is 5.56 Å².